The molecule has 1 amide bonds. The van der Waals surface area contributed by atoms with Crippen LogP contribution in [0, 0.1) is 6.92 Å². The van der Waals surface area contributed by atoms with E-state index in [1.807, 2.05) is 38.1 Å². The van der Waals surface area contributed by atoms with Crippen molar-refractivity contribution in [1.29, 1.82) is 0 Å². The number of carbonyl (C=O) groups excluding carboxylic acids is 1. The molecule has 1 saturated carbocycles. The van der Waals surface area contributed by atoms with Crippen molar-refractivity contribution in [2.45, 2.75) is 65.0 Å². The molecule has 0 unspecified atom stereocenters. The van der Waals surface area contributed by atoms with Crippen LogP contribution in [0.25, 0.3) is 0 Å². The maximum atomic E-state index is 12.6. The Hall–Kier alpha value is -2.63. The molecule has 0 spiro atoms. The monoisotopic (exact) mass is 368 g/mol. The number of nitrogens with one attached hydrogen (secondary N) is 2. The summed E-state index contributed by atoms with van der Waals surface area (Å²) in [5, 5.41) is 6.34. The molecule has 144 valence electrons. The van der Waals surface area contributed by atoms with Crippen LogP contribution in [0.5, 0.6) is 5.75 Å². The maximum Gasteiger partial charge on any atom is 0.270 e. The van der Waals surface area contributed by atoms with Crippen LogP contribution >= 0.6 is 0 Å². The Morgan fingerprint density at radius 2 is 1.81 bits per heavy atom. The summed E-state index contributed by atoms with van der Waals surface area (Å²) in [6.07, 6.45) is 5.85. The van der Waals surface area contributed by atoms with Crippen molar-refractivity contribution in [2.24, 2.45) is 0 Å². The fraction of sp³-hybridized carbons (Fsp3) is 0.476. The average Bonchev–Trinajstić information content (AvgIpc) is 2.63. The van der Waals surface area contributed by atoms with E-state index >= 15 is 0 Å². The third-order valence-corrected chi connectivity index (χ3v) is 4.51. The summed E-state index contributed by atoms with van der Waals surface area (Å²) in [6.45, 7) is 5.79. The van der Waals surface area contributed by atoms with Gasteiger partial charge in [0.25, 0.3) is 5.91 Å². The van der Waals surface area contributed by atoms with Crippen molar-refractivity contribution >= 4 is 17.4 Å². The van der Waals surface area contributed by atoms with Crippen LogP contribution in [0.4, 0.5) is 11.5 Å². The molecule has 1 aromatic carbocycles. The molecule has 0 bridgehead atoms. The number of carbonyl (C=O) groups is 1. The molecular weight excluding hydrogens is 340 g/mol. The van der Waals surface area contributed by atoms with Gasteiger partial charge in [-0.25, -0.2) is 9.97 Å². The lowest BCUT2D eigenvalue weighted by molar-refractivity contribution is 0.0922. The minimum absolute atomic E-state index is 0.129. The van der Waals surface area contributed by atoms with Crippen molar-refractivity contribution in [1.82, 2.24) is 15.3 Å². The van der Waals surface area contributed by atoms with Gasteiger partial charge in [0, 0.05) is 17.8 Å². The highest BCUT2D eigenvalue weighted by atomic mass is 16.5. The Kier molecular flexibility index (Phi) is 6.27. The summed E-state index contributed by atoms with van der Waals surface area (Å²) in [5.74, 6) is 1.86. The number of nitrogens with zero attached hydrogens (tertiary/aromatic N) is 2. The minimum atomic E-state index is -0.129. The topological polar surface area (TPSA) is 76.1 Å². The summed E-state index contributed by atoms with van der Waals surface area (Å²) < 4.78 is 5.65. The van der Waals surface area contributed by atoms with E-state index in [2.05, 4.69) is 20.6 Å². The molecule has 1 aliphatic carbocycles. The third kappa shape index (κ3) is 5.67. The first kappa shape index (κ1) is 19.1. The number of aromatic nitrogens is 2. The van der Waals surface area contributed by atoms with Gasteiger partial charge < -0.3 is 15.4 Å². The van der Waals surface area contributed by atoms with E-state index in [4.69, 9.17) is 4.74 Å². The first-order valence-corrected chi connectivity index (χ1v) is 9.70. The van der Waals surface area contributed by atoms with E-state index in [0.717, 1.165) is 24.3 Å². The summed E-state index contributed by atoms with van der Waals surface area (Å²) in [6, 6.07) is 9.63. The van der Waals surface area contributed by atoms with Crippen molar-refractivity contribution in [2.75, 3.05) is 5.32 Å². The average molecular weight is 368 g/mol. The molecule has 6 heteroatoms. The highest BCUT2D eigenvalue weighted by molar-refractivity contribution is 5.93. The molecular formula is C21H28N4O2. The van der Waals surface area contributed by atoms with Gasteiger partial charge in [0.2, 0.25) is 0 Å². The number of rotatable bonds is 6. The van der Waals surface area contributed by atoms with Crippen molar-refractivity contribution in [3.63, 3.8) is 0 Å². The number of hydrogen-bond acceptors (Lipinski definition) is 5. The van der Waals surface area contributed by atoms with Gasteiger partial charge in [0.1, 0.15) is 23.1 Å². The van der Waals surface area contributed by atoms with Gasteiger partial charge in [-0.2, -0.15) is 0 Å². The number of ether oxygens (including phenoxy) is 1. The lowest BCUT2D eigenvalue weighted by Crippen LogP contribution is -2.36. The van der Waals surface area contributed by atoms with Gasteiger partial charge in [-0.3, -0.25) is 4.79 Å². The quantitative estimate of drug-likeness (QED) is 0.791. The summed E-state index contributed by atoms with van der Waals surface area (Å²) in [7, 11) is 0. The smallest absolute Gasteiger partial charge is 0.270 e. The van der Waals surface area contributed by atoms with Crippen LogP contribution < -0.4 is 15.4 Å². The van der Waals surface area contributed by atoms with Gasteiger partial charge >= 0.3 is 0 Å². The fourth-order valence-electron chi connectivity index (χ4n) is 3.29. The predicted octanol–water partition coefficient (Wildman–Crippen LogP) is 4.38. The molecule has 3 rings (SSSR count). The van der Waals surface area contributed by atoms with Gasteiger partial charge in [0.05, 0.1) is 6.10 Å². The van der Waals surface area contributed by atoms with Crippen LogP contribution in [-0.4, -0.2) is 28.0 Å². The largest absolute Gasteiger partial charge is 0.491 e. The van der Waals surface area contributed by atoms with E-state index < -0.39 is 0 Å². The molecule has 1 fully saturated rings. The number of aryl methyl sites for hydroxylation is 1. The SMILES string of the molecule is Cc1nc(Nc2ccc(OC(C)C)cc2)cc(C(=O)NC2CCCCC2)n1. The van der Waals surface area contributed by atoms with Crippen LogP contribution in [0.3, 0.4) is 0 Å². The molecule has 2 aromatic rings. The molecule has 6 nitrogen and oxygen atoms in total. The Morgan fingerprint density at radius 3 is 2.48 bits per heavy atom. The molecule has 0 aliphatic heterocycles. The zero-order valence-electron chi connectivity index (χ0n) is 16.3. The Balaban J connectivity index is 1.68. The predicted molar refractivity (Wildman–Crippen MR) is 107 cm³/mol. The lowest BCUT2D eigenvalue weighted by Gasteiger charge is -2.22. The van der Waals surface area contributed by atoms with Crippen molar-refractivity contribution in [3.05, 3.63) is 41.9 Å². The van der Waals surface area contributed by atoms with E-state index in [-0.39, 0.29) is 18.1 Å². The van der Waals surface area contributed by atoms with Gasteiger partial charge in [0.15, 0.2) is 0 Å². The van der Waals surface area contributed by atoms with Crippen molar-refractivity contribution in [3.8, 4) is 5.75 Å². The van der Waals surface area contributed by atoms with Gasteiger partial charge in [-0.1, -0.05) is 19.3 Å². The minimum Gasteiger partial charge on any atom is -0.491 e. The number of anilines is 2. The number of benzene rings is 1. The molecule has 27 heavy (non-hydrogen) atoms. The van der Waals surface area contributed by atoms with Crippen LogP contribution in [-0.2, 0) is 0 Å². The molecule has 2 N–H and O–H groups in total. The molecule has 1 aromatic heterocycles. The second-order valence-corrected chi connectivity index (χ2v) is 7.31. The summed E-state index contributed by atoms with van der Waals surface area (Å²) >= 11 is 0. The van der Waals surface area contributed by atoms with Crippen LogP contribution in [0.1, 0.15) is 62.3 Å². The summed E-state index contributed by atoms with van der Waals surface area (Å²) in [5.41, 5.74) is 1.28. The molecule has 1 aliphatic rings. The normalized spacial score (nSPS) is 14.8. The Morgan fingerprint density at radius 1 is 1.11 bits per heavy atom. The van der Waals surface area contributed by atoms with E-state index in [1.165, 1.54) is 19.3 Å². The maximum absolute atomic E-state index is 12.6. The lowest BCUT2D eigenvalue weighted by atomic mass is 9.95. The summed E-state index contributed by atoms with van der Waals surface area (Å²) in [4.78, 5) is 21.3. The fourth-order valence-corrected chi connectivity index (χ4v) is 3.29. The van der Waals surface area contributed by atoms with E-state index in [0.29, 0.717) is 17.3 Å². The van der Waals surface area contributed by atoms with Gasteiger partial charge in [-0.15, -0.1) is 0 Å². The zero-order chi connectivity index (χ0) is 19.2. The first-order valence-electron chi connectivity index (χ1n) is 9.70. The van der Waals surface area contributed by atoms with Crippen LogP contribution in [0.2, 0.25) is 0 Å². The molecule has 0 atom stereocenters. The zero-order valence-corrected chi connectivity index (χ0v) is 16.3. The van der Waals surface area contributed by atoms with Crippen LogP contribution in [0.15, 0.2) is 30.3 Å². The van der Waals surface area contributed by atoms with E-state index in [1.54, 1.807) is 13.0 Å². The second-order valence-electron chi connectivity index (χ2n) is 7.31. The Bertz CT molecular complexity index is 768. The first-order chi connectivity index (χ1) is 13.0. The second kappa shape index (κ2) is 8.84. The highest BCUT2D eigenvalue weighted by Crippen LogP contribution is 2.21. The molecule has 0 radical (unpaired) electrons. The Labute approximate surface area is 160 Å². The highest BCUT2D eigenvalue weighted by Gasteiger charge is 2.18. The van der Waals surface area contributed by atoms with E-state index in [9.17, 15) is 4.79 Å². The molecule has 1 heterocycles. The third-order valence-electron chi connectivity index (χ3n) is 4.51. The molecule has 0 saturated heterocycles. The number of amides is 1. The van der Waals surface area contributed by atoms with Crippen molar-refractivity contribution < 1.29 is 9.53 Å². The standard InChI is InChI=1S/C21H28N4O2/c1-14(2)27-18-11-9-17(10-12-18)24-20-13-19(22-15(3)23-20)21(26)25-16-7-5-4-6-8-16/h9-14,16H,4-8H2,1-3H3,(H,25,26)(H,22,23,24). The number of hydrogen-bond donors (Lipinski definition) is 2. The van der Waals surface area contributed by atoms with Gasteiger partial charge in [-0.05, 0) is 57.9 Å².